The zero-order valence-corrected chi connectivity index (χ0v) is 10.4. The number of aryl methyl sites for hydroxylation is 1. The van der Waals surface area contributed by atoms with E-state index in [9.17, 15) is 10.1 Å². The van der Waals surface area contributed by atoms with Crippen molar-refractivity contribution in [2.75, 3.05) is 0 Å². The van der Waals surface area contributed by atoms with Crippen LogP contribution in [0.5, 0.6) is 0 Å². The van der Waals surface area contributed by atoms with E-state index in [4.69, 9.17) is 4.42 Å². The summed E-state index contributed by atoms with van der Waals surface area (Å²) in [6.07, 6.45) is 0. The van der Waals surface area contributed by atoms with Crippen molar-refractivity contribution < 1.29 is 9.34 Å². The summed E-state index contributed by atoms with van der Waals surface area (Å²) in [6, 6.07) is 10.2. The van der Waals surface area contributed by atoms with Gasteiger partial charge < -0.3 is 4.42 Å². The van der Waals surface area contributed by atoms with Crippen LogP contribution in [0.2, 0.25) is 0 Å². The van der Waals surface area contributed by atoms with Crippen molar-refractivity contribution in [3.63, 3.8) is 0 Å². The summed E-state index contributed by atoms with van der Waals surface area (Å²) in [5, 5.41) is 22.4. The van der Waals surface area contributed by atoms with E-state index in [0.29, 0.717) is 0 Å². The molecule has 2 aromatic heterocycles. The number of furan rings is 1. The highest BCUT2D eigenvalue weighted by Crippen LogP contribution is 2.22. The molecule has 0 aliphatic heterocycles. The minimum absolute atomic E-state index is 0.193. The molecule has 8 nitrogen and oxygen atoms in total. The van der Waals surface area contributed by atoms with Crippen LogP contribution >= 0.6 is 0 Å². The Bertz CT molecular complexity index is 760. The molecule has 0 bridgehead atoms. The van der Waals surface area contributed by atoms with Crippen LogP contribution < -0.4 is 0 Å². The number of benzene rings is 1. The highest BCUT2D eigenvalue weighted by Gasteiger charge is 2.16. The molecule has 8 heteroatoms. The summed E-state index contributed by atoms with van der Waals surface area (Å²) >= 11 is 0. The van der Waals surface area contributed by atoms with E-state index < -0.39 is 4.92 Å². The van der Waals surface area contributed by atoms with Gasteiger partial charge in [0.15, 0.2) is 5.76 Å². The van der Waals surface area contributed by atoms with E-state index in [1.807, 2.05) is 31.2 Å². The van der Waals surface area contributed by atoms with Gasteiger partial charge in [0, 0.05) is 0 Å². The predicted molar refractivity (Wildman–Crippen MR) is 68.2 cm³/mol. The Morgan fingerprint density at radius 2 is 1.95 bits per heavy atom. The van der Waals surface area contributed by atoms with Gasteiger partial charge in [0.25, 0.3) is 0 Å². The quantitative estimate of drug-likeness (QED) is 0.534. The minimum Gasteiger partial charge on any atom is -0.397 e. The van der Waals surface area contributed by atoms with Crippen molar-refractivity contribution in [2.45, 2.75) is 6.92 Å². The molecule has 2 heterocycles. The van der Waals surface area contributed by atoms with Crippen molar-refractivity contribution in [2.24, 2.45) is 0 Å². The van der Waals surface area contributed by atoms with E-state index in [1.165, 1.54) is 16.9 Å². The second kappa shape index (κ2) is 4.57. The van der Waals surface area contributed by atoms with Gasteiger partial charge in [-0.3, -0.25) is 10.1 Å². The Balaban J connectivity index is 1.93. The first-order valence-corrected chi connectivity index (χ1v) is 5.75. The second-order valence-electron chi connectivity index (χ2n) is 4.13. The van der Waals surface area contributed by atoms with Gasteiger partial charge in [0.1, 0.15) is 4.92 Å². The standard InChI is InChI=1S/C12H9N5O3/c1-8-2-4-9(5-3-8)16-14-12(13-15-16)10-6-7-11(20-10)17(18)19/h2-7H,1H3. The third kappa shape index (κ3) is 2.14. The molecular formula is C12H9N5O3. The second-order valence-corrected chi connectivity index (χ2v) is 4.13. The first-order valence-electron chi connectivity index (χ1n) is 5.75. The third-order valence-electron chi connectivity index (χ3n) is 2.67. The molecule has 3 aromatic rings. The van der Waals surface area contributed by atoms with Gasteiger partial charge in [-0.05, 0) is 30.3 Å². The number of nitro groups is 1. The SMILES string of the molecule is Cc1ccc(-n2nnc(-c3ccc([N+](=O)[O-])o3)n2)cc1. The molecule has 0 amide bonds. The Kier molecular flexibility index (Phi) is 2.75. The van der Waals surface area contributed by atoms with E-state index in [-0.39, 0.29) is 17.5 Å². The normalized spacial score (nSPS) is 10.7. The maximum Gasteiger partial charge on any atom is 0.433 e. The van der Waals surface area contributed by atoms with Crippen molar-refractivity contribution >= 4 is 5.88 Å². The molecule has 0 radical (unpaired) electrons. The predicted octanol–water partition coefficient (Wildman–Crippen LogP) is 2.14. The van der Waals surface area contributed by atoms with Crippen LogP contribution in [-0.4, -0.2) is 25.1 Å². The molecule has 0 aliphatic carbocycles. The third-order valence-corrected chi connectivity index (χ3v) is 2.67. The Morgan fingerprint density at radius 3 is 2.60 bits per heavy atom. The minimum atomic E-state index is -0.617. The van der Waals surface area contributed by atoms with Crippen molar-refractivity contribution in [3.8, 4) is 17.3 Å². The number of hydrogen-bond donors (Lipinski definition) is 0. The summed E-state index contributed by atoms with van der Waals surface area (Å²) in [5.74, 6) is 0.0421. The van der Waals surface area contributed by atoms with Crippen molar-refractivity contribution in [1.82, 2.24) is 20.2 Å². The molecule has 1 aromatic carbocycles. The molecular weight excluding hydrogens is 262 g/mol. The van der Waals surface area contributed by atoms with Crippen LogP contribution in [0.1, 0.15) is 5.56 Å². The zero-order chi connectivity index (χ0) is 14.1. The Labute approximate surface area is 112 Å². The lowest BCUT2D eigenvalue weighted by molar-refractivity contribution is -0.401. The molecule has 0 spiro atoms. The average molecular weight is 271 g/mol. The summed E-state index contributed by atoms with van der Waals surface area (Å²) < 4.78 is 5.02. The van der Waals surface area contributed by atoms with Crippen LogP contribution in [0.4, 0.5) is 5.88 Å². The van der Waals surface area contributed by atoms with E-state index in [0.717, 1.165) is 11.3 Å². The first-order chi connectivity index (χ1) is 9.63. The smallest absolute Gasteiger partial charge is 0.397 e. The van der Waals surface area contributed by atoms with Crippen LogP contribution in [0.3, 0.4) is 0 Å². The maximum absolute atomic E-state index is 10.6. The van der Waals surface area contributed by atoms with Crippen molar-refractivity contribution in [1.29, 1.82) is 0 Å². The topological polar surface area (TPSA) is 99.9 Å². The Hall–Kier alpha value is -3.03. The fourth-order valence-corrected chi connectivity index (χ4v) is 1.65. The highest BCUT2D eigenvalue weighted by molar-refractivity contribution is 5.48. The fraction of sp³-hybridized carbons (Fsp3) is 0.0833. The van der Waals surface area contributed by atoms with Crippen molar-refractivity contribution in [3.05, 3.63) is 52.1 Å². The number of nitrogens with zero attached hydrogens (tertiary/aromatic N) is 5. The van der Waals surface area contributed by atoms with Gasteiger partial charge >= 0.3 is 5.88 Å². The first kappa shape index (κ1) is 12.0. The monoisotopic (exact) mass is 271 g/mol. The maximum atomic E-state index is 10.6. The lowest BCUT2D eigenvalue weighted by Crippen LogP contribution is -1.98. The summed E-state index contributed by atoms with van der Waals surface area (Å²) in [6.45, 7) is 1.98. The van der Waals surface area contributed by atoms with E-state index in [1.54, 1.807) is 0 Å². The van der Waals surface area contributed by atoms with Gasteiger partial charge in [0.2, 0.25) is 5.82 Å². The number of tetrazole rings is 1. The molecule has 100 valence electrons. The molecule has 0 fully saturated rings. The van der Waals surface area contributed by atoms with Gasteiger partial charge in [-0.1, -0.05) is 17.7 Å². The zero-order valence-electron chi connectivity index (χ0n) is 10.4. The Morgan fingerprint density at radius 1 is 1.20 bits per heavy atom. The number of aromatic nitrogens is 4. The molecule has 3 rings (SSSR count). The largest absolute Gasteiger partial charge is 0.433 e. The van der Waals surface area contributed by atoms with Crippen LogP contribution in [0.15, 0.2) is 40.8 Å². The highest BCUT2D eigenvalue weighted by atomic mass is 16.6. The van der Waals surface area contributed by atoms with Gasteiger partial charge in [-0.2, -0.15) is 0 Å². The lowest BCUT2D eigenvalue weighted by atomic mass is 10.2. The molecule has 0 saturated heterocycles. The number of hydrogen-bond acceptors (Lipinski definition) is 6. The van der Waals surface area contributed by atoms with E-state index >= 15 is 0 Å². The van der Waals surface area contributed by atoms with Gasteiger partial charge in [0.05, 0.1) is 11.8 Å². The number of rotatable bonds is 3. The average Bonchev–Trinajstić information content (AvgIpc) is 3.08. The van der Waals surface area contributed by atoms with Crippen LogP contribution in [-0.2, 0) is 0 Å². The summed E-state index contributed by atoms with van der Waals surface area (Å²) in [5.41, 5.74) is 1.87. The summed E-state index contributed by atoms with van der Waals surface area (Å²) in [4.78, 5) is 11.3. The molecule has 20 heavy (non-hydrogen) atoms. The van der Waals surface area contributed by atoms with Crippen LogP contribution in [0.25, 0.3) is 17.3 Å². The molecule has 0 aliphatic rings. The fourth-order valence-electron chi connectivity index (χ4n) is 1.65. The van der Waals surface area contributed by atoms with Gasteiger partial charge in [-0.25, -0.2) is 0 Å². The lowest BCUT2D eigenvalue weighted by Gasteiger charge is -1.97. The molecule has 0 unspecified atom stereocenters. The molecule has 0 N–H and O–H groups in total. The molecule has 0 atom stereocenters. The van der Waals surface area contributed by atoms with E-state index in [2.05, 4.69) is 15.4 Å². The van der Waals surface area contributed by atoms with Crippen LogP contribution in [0, 0.1) is 17.0 Å². The molecule has 0 saturated carbocycles. The summed E-state index contributed by atoms with van der Waals surface area (Å²) in [7, 11) is 0. The van der Waals surface area contributed by atoms with Gasteiger partial charge in [-0.15, -0.1) is 15.0 Å².